The number of carboxylic acid groups (broad SMARTS) is 1. The minimum absolute atomic E-state index is 0.203. The number of aromatic carboxylic acids is 1. The number of carboxylic acids is 1. The first kappa shape index (κ1) is 16.5. The molecule has 0 saturated heterocycles. The van der Waals surface area contributed by atoms with E-state index < -0.39 is 5.97 Å². The molecule has 0 bridgehead atoms. The molecule has 0 atom stereocenters. The molecule has 2 heterocycles. The van der Waals surface area contributed by atoms with Crippen LogP contribution in [0.15, 0.2) is 73.2 Å². The number of hydrogen-bond donors (Lipinski definition) is 3. The second kappa shape index (κ2) is 7.09. The maximum atomic E-state index is 11.1. The van der Waals surface area contributed by atoms with Crippen LogP contribution in [0.5, 0.6) is 0 Å². The number of aromatic nitrogens is 3. The highest BCUT2D eigenvalue weighted by Gasteiger charge is 2.06. The summed E-state index contributed by atoms with van der Waals surface area (Å²) in [6.07, 6.45) is 3.18. The lowest BCUT2D eigenvalue weighted by molar-refractivity contribution is 0.0697. The number of pyridine rings is 1. The van der Waals surface area contributed by atoms with Crippen LogP contribution < -0.4 is 10.6 Å². The lowest BCUT2D eigenvalue weighted by Gasteiger charge is -2.10. The van der Waals surface area contributed by atoms with Crippen LogP contribution in [0.3, 0.4) is 0 Å². The van der Waals surface area contributed by atoms with Crippen LogP contribution in [0.4, 0.5) is 23.0 Å². The van der Waals surface area contributed by atoms with Gasteiger partial charge in [0.05, 0.1) is 16.8 Å². The molecule has 0 aliphatic heterocycles. The molecular weight excluding hydrogens is 342 g/mol. The van der Waals surface area contributed by atoms with Gasteiger partial charge in [-0.1, -0.05) is 24.3 Å². The number of para-hydroxylation sites is 1. The van der Waals surface area contributed by atoms with Crippen molar-refractivity contribution in [2.24, 2.45) is 0 Å². The summed E-state index contributed by atoms with van der Waals surface area (Å²) in [5, 5.41) is 16.5. The number of rotatable bonds is 5. The van der Waals surface area contributed by atoms with Crippen molar-refractivity contribution in [2.45, 2.75) is 0 Å². The molecule has 0 fully saturated rings. The molecule has 3 N–H and O–H groups in total. The average molecular weight is 357 g/mol. The highest BCUT2D eigenvalue weighted by atomic mass is 16.4. The van der Waals surface area contributed by atoms with Crippen molar-refractivity contribution in [1.29, 1.82) is 0 Å². The monoisotopic (exact) mass is 357 g/mol. The number of hydrogen-bond acceptors (Lipinski definition) is 6. The van der Waals surface area contributed by atoms with E-state index in [-0.39, 0.29) is 5.56 Å². The number of carbonyl (C=O) groups is 1. The first-order valence-electron chi connectivity index (χ1n) is 8.22. The number of fused-ring (bicyclic) bond motifs is 1. The third kappa shape index (κ3) is 3.67. The van der Waals surface area contributed by atoms with E-state index in [1.807, 2.05) is 30.3 Å². The minimum atomic E-state index is -0.979. The Bertz CT molecular complexity index is 1120. The van der Waals surface area contributed by atoms with Crippen LogP contribution in [0, 0.1) is 0 Å². The van der Waals surface area contributed by atoms with Crippen molar-refractivity contribution < 1.29 is 9.90 Å². The molecule has 0 radical (unpaired) electrons. The molecule has 0 aliphatic rings. The third-order valence-corrected chi connectivity index (χ3v) is 3.94. The topological polar surface area (TPSA) is 100 Å². The lowest BCUT2D eigenvalue weighted by atomic mass is 10.2. The number of anilines is 4. The molecule has 2 aromatic heterocycles. The van der Waals surface area contributed by atoms with E-state index in [0.29, 0.717) is 17.3 Å². The Morgan fingerprint density at radius 1 is 0.852 bits per heavy atom. The average Bonchev–Trinajstić information content (AvgIpc) is 2.69. The lowest BCUT2D eigenvalue weighted by Crippen LogP contribution is -2.01. The van der Waals surface area contributed by atoms with E-state index in [0.717, 1.165) is 16.6 Å². The molecule has 132 valence electrons. The van der Waals surface area contributed by atoms with Gasteiger partial charge >= 0.3 is 5.97 Å². The Kier molecular flexibility index (Phi) is 4.32. The smallest absolute Gasteiger partial charge is 0.335 e. The first-order valence-corrected chi connectivity index (χ1v) is 8.22. The van der Waals surface area contributed by atoms with E-state index in [9.17, 15) is 4.79 Å². The van der Waals surface area contributed by atoms with Gasteiger partial charge in [-0.2, -0.15) is 0 Å². The van der Waals surface area contributed by atoms with Crippen LogP contribution in [0.2, 0.25) is 0 Å². The Balaban J connectivity index is 1.59. The fraction of sp³-hybridized carbons (Fsp3) is 0. The number of nitrogens with one attached hydrogen (secondary N) is 2. The van der Waals surface area contributed by atoms with Gasteiger partial charge in [0.15, 0.2) is 0 Å². The zero-order valence-electron chi connectivity index (χ0n) is 14.1. The van der Waals surface area contributed by atoms with Crippen molar-refractivity contribution in [2.75, 3.05) is 10.6 Å². The molecule has 7 nitrogen and oxygen atoms in total. The summed E-state index contributed by atoms with van der Waals surface area (Å²) in [7, 11) is 0. The zero-order valence-corrected chi connectivity index (χ0v) is 14.1. The van der Waals surface area contributed by atoms with E-state index in [4.69, 9.17) is 5.11 Å². The Hall–Kier alpha value is -4.00. The summed E-state index contributed by atoms with van der Waals surface area (Å²) < 4.78 is 0. The summed E-state index contributed by atoms with van der Waals surface area (Å²) in [6.45, 7) is 0. The van der Waals surface area contributed by atoms with Crippen LogP contribution in [0.1, 0.15) is 10.4 Å². The van der Waals surface area contributed by atoms with Crippen molar-refractivity contribution in [1.82, 2.24) is 15.0 Å². The Morgan fingerprint density at radius 2 is 1.63 bits per heavy atom. The van der Waals surface area contributed by atoms with Gasteiger partial charge in [0.1, 0.15) is 18.0 Å². The quantitative estimate of drug-likeness (QED) is 0.492. The highest BCUT2D eigenvalue weighted by molar-refractivity contribution is 5.92. The summed E-state index contributed by atoms with van der Waals surface area (Å²) in [5.41, 5.74) is 2.52. The molecule has 0 amide bonds. The molecule has 4 aromatic rings. The molecule has 0 aliphatic carbocycles. The maximum Gasteiger partial charge on any atom is 0.335 e. The molecular formula is C20H15N5O2. The van der Waals surface area contributed by atoms with Gasteiger partial charge in [0, 0.05) is 23.3 Å². The van der Waals surface area contributed by atoms with E-state index in [1.54, 1.807) is 30.5 Å². The third-order valence-electron chi connectivity index (χ3n) is 3.94. The van der Waals surface area contributed by atoms with Gasteiger partial charge < -0.3 is 15.7 Å². The van der Waals surface area contributed by atoms with Crippen LogP contribution in [-0.2, 0) is 0 Å². The normalized spacial score (nSPS) is 10.5. The molecule has 0 saturated carbocycles. The van der Waals surface area contributed by atoms with E-state index >= 15 is 0 Å². The summed E-state index contributed by atoms with van der Waals surface area (Å²) in [6, 6.07) is 18.0. The van der Waals surface area contributed by atoms with Crippen molar-refractivity contribution >= 4 is 39.9 Å². The van der Waals surface area contributed by atoms with Gasteiger partial charge in [-0.25, -0.2) is 14.8 Å². The second-order valence-corrected chi connectivity index (χ2v) is 5.81. The van der Waals surface area contributed by atoms with E-state index in [2.05, 4.69) is 25.6 Å². The molecule has 0 spiro atoms. The second-order valence-electron chi connectivity index (χ2n) is 5.81. The fourth-order valence-corrected chi connectivity index (χ4v) is 2.71. The van der Waals surface area contributed by atoms with Gasteiger partial charge in [-0.3, -0.25) is 4.98 Å². The SMILES string of the molecule is O=C(O)c1cccc(Nc2cc(Nc3cccc4cccnc34)ncn2)c1. The predicted molar refractivity (Wildman–Crippen MR) is 104 cm³/mol. The Morgan fingerprint density at radius 3 is 2.48 bits per heavy atom. The maximum absolute atomic E-state index is 11.1. The first-order chi connectivity index (χ1) is 13.2. The highest BCUT2D eigenvalue weighted by Crippen LogP contribution is 2.25. The molecule has 4 rings (SSSR count). The Labute approximate surface area is 154 Å². The largest absolute Gasteiger partial charge is 0.478 e. The summed E-state index contributed by atoms with van der Waals surface area (Å²) in [4.78, 5) is 23.9. The number of benzene rings is 2. The van der Waals surface area contributed by atoms with Gasteiger partial charge in [0.2, 0.25) is 0 Å². The fourth-order valence-electron chi connectivity index (χ4n) is 2.71. The molecule has 0 unspecified atom stereocenters. The van der Waals surface area contributed by atoms with Crippen molar-refractivity contribution in [3.05, 3.63) is 78.8 Å². The standard InChI is InChI=1S/C20H15N5O2/c26-20(27)14-5-1-7-15(10-14)24-17-11-18(23-12-22-17)25-16-8-2-4-13-6-3-9-21-19(13)16/h1-12H,(H,26,27)(H2,22,23,24,25). The predicted octanol–water partition coefficient (Wildman–Crippen LogP) is 4.21. The summed E-state index contributed by atoms with van der Waals surface area (Å²) in [5.74, 6) is 0.162. The zero-order chi connectivity index (χ0) is 18.6. The molecule has 27 heavy (non-hydrogen) atoms. The van der Waals surface area contributed by atoms with Crippen LogP contribution >= 0.6 is 0 Å². The van der Waals surface area contributed by atoms with Gasteiger partial charge in [0.25, 0.3) is 0 Å². The van der Waals surface area contributed by atoms with Crippen molar-refractivity contribution in [3.63, 3.8) is 0 Å². The van der Waals surface area contributed by atoms with Gasteiger partial charge in [-0.15, -0.1) is 0 Å². The van der Waals surface area contributed by atoms with E-state index in [1.165, 1.54) is 12.4 Å². The number of nitrogens with zero attached hydrogens (tertiary/aromatic N) is 3. The van der Waals surface area contributed by atoms with Gasteiger partial charge in [-0.05, 0) is 30.3 Å². The summed E-state index contributed by atoms with van der Waals surface area (Å²) >= 11 is 0. The van der Waals surface area contributed by atoms with Crippen LogP contribution in [0.25, 0.3) is 10.9 Å². The van der Waals surface area contributed by atoms with Crippen LogP contribution in [-0.4, -0.2) is 26.0 Å². The molecule has 2 aromatic carbocycles. The van der Waals surface area contributed by atoms with Crippen molar-refractivity contribution in [3.8, 4) is 0 Å². The minimum Gasteiger partial charge on any atom is -0.478 e. The molecule has 7 heteroatoms.